The van der Waals surface area contributed by atoms with Crippen LogP contribution in [0, 0.1) is 10.1 Å². The Morgan fingerprint density at radius 3 is 2.22 bits per heavy atom. The Bertz CT molecular complexity index is 650. The average Bonchev–Trinajstić information content (AvgIpc) is 2.34. The summed E-state index contributed by atoms with van der Waals surface area (Å²) in [6.07, 6.45) is 0.426. The van der Waals surface area contributed by atoms with E-state index in [-0.39, 0.29) is 39.9 Å². The van der Waals surface area contributed by atoms with E-state index in [2.05, 4.69) is 0 Å². The highest BCUT2D eigenvalue weighted by molar-refractivity contribution is 5.95. The fourth-order valence-corrected chi connectivity index (χ4v) is 1.82. The summed E-state index contributed by atoms with van der Waals surface area (Å²) in [7, 11) is 0. The van der Waals surface area contributed by atoms with E-state index in [9.17, 15) is 25.1 Å². The van der Waals surface area contributed by atoms with Gasteiger partial charge in [0.05, 0.1) is 4.92 Å². The van der Waals surface area contributed by atoms with Crippen LogP contribution in [-0.4, -0.2) is 21.4 Å². The van der Waals surface area contributed by atoms with E-state index >= 15 is 0 Å². The van der Waals surface area contributed by atoms with E-state index in [0.717, 1.165) is 6.07 Å². The standard InChI is InChI=1S/C12H9NO5/c14-4-3-7-5-8-9(6-10(7)13(17)18)12(16)2-1-11(8)15/h1-2,4-6,15-16H,3H2. The van der Waals surface area contributed by atoms with Crippen molar-refractivity contribution < 1.29 is 19.9 Å². The first-order valence-electron chi connectivity index (χ1n) is 5.10. The summed E-state index contributed by atoms with van der Waals surface area (Å²) < 4.78 is 0. The van der Waals surface area contributed by atoms with E-state index in [0.29, 0.717) is 6.29 Å². The van der Waals surface area contributed by atoms with Gasteiger partial charge in [-0.15, -0.1) is 0 Å². The molecular formula is C12H9NO5. The number of nitro groups is 1. The molecule has 6 nitrogen and oxygen atoms in total. The number of benzene rings is 2. The van der Waals surface area contributed by atoms with Gasteiger partial charge in [0, 0.05) is 28.8 Å². The monoisotopic (exact) mass is 247 g/mol. The Balaban J connectivity index is 2.84. The van der Waals surface area contributed by atoms with Gasteiger partial charge in [0.1, 0.15) is 17.8 Å². The number of carbonyl (C=O) groups excluding carboxylic acids is 1. The van der Waals surface area contributed by atoms with E-state index in [1.54, 1.807) is 0 Å². The minimum absolute atomic E-state index is 0.107. The SMILES string of the molecule is O=CCc1cc2c(O)ccc(O)c2cc1[N+](=O)[O-]. The molecule has 92 valence electrons. The fourth-order valence-electron chi connectivity index (χ4n) is 1.82. The number of aldehydes is 1. The number of rotatable bonds is 3. The van der Waals surface area contributed by atoms with Crippen LogP contribution in [-0.2, 0) is 11.2 Å². The first-order valence-corrected chi connectivity index (χ1v) is 5.10. The van der Waals surface area contributed by atoms with Gasteiger partial charge in [-0.25, -0.2) is 0 Å². The maximum atomic E-state index is 10.9. The molecule has 0 heterocycles. The quantitative estimate of drug-likeness (QED) is 0.373. The Labute approximate surface area is 101 Å². The maximum Gasteiger partial charge on any atom is 0.273 e. The first kappa shape index (κ1) is 11.8. The third kappa shape index (κ3) is 1.84. The summed E-state index contributed by atoms with van der Waals surface area (Å²) in [6.45, 7) is 0. The summed E-state index contributed by atoms with van der Waals surface area (Å²) in [4.78, 5) is 20.8. The molecule has 0 aliphatic rings. The summed E-state index contributed by atoms with van der Waals surface area (Å²) in [5.41, 5.74) is -0.0566. The third-order valence-electron chi connectivity index (χ3n) is 2.67. The van der Waals surface area contributed by atoms with E-state index in [4.69, 9.17) is 0 Å². The highest BCUT2D eigenvalue weighted by Crippen LogP contribution is 2.36. The van der Waals surface area contributed by atoms with Gasteiger partial charge in [-0.3, -0.25) is 10.1 Å². The van der Waals surface area contributed by atoms with Crippen LogP contribution in [0.4, 0.5) is 5.69 Å². The first-order chi connectivity index (χ1) is 8.54. The molecule has 2 aromatic rings. The van der Waals surface area contributed by atoms with Crippen molar-refractivity contribution in [3.63, 3.8) is 0 Å². The molecule has 0 amide bonds. The summed E-state index contributed by atoms with van der Waals surface area (Å²) in [6, 6.07) is 5.04. The molecule has 0 spiro atoms. The number of phenols is 2. The Morgan fingerprint density at radius 1 is 1.17 bits per heavy atom. The normalized spacial score (nSPS) is 10.4. The largest absolute Gasteiger partial charge is 0.507 e. The van der Waals surface area contributed by atoms with Crippen molar-refractivity contribution in [1.82, 2.24) is 0 Å². The average molecular weight is 247 g/mol. The predicted octanol–water partition coefficient (Wildman–Crippen LogP) is 1.90. The van der Waals surface area contributed by atoms with Crippen LogP contribution in [0.15, 0.2) is 24.3 Å². The molecule has 6 heteroatoms. The van der Waals surface area contributed by atoms with Crippen molar-refractivity contribution >= 4 is 22.7 Å². The van der Waals surface area contributed by atoms with Crippen molar-refractivity contribution in [3.8, 4) is 11.5 Å². The molecular weight excluding hydrogens is 238 g/mol. The van der Waals surface area contributed by atoms with Gasteiger partial charge in [0.15, 0.2) is 0 Å². The van der Waals surface area contributed by atoms with E-state index in [1.165, 1.54) is 18.2 Å². The van der Waals surface area contributed by atoms with Crippen LogP contribution in [0.3, 0.4) is 0 Å². The third-order valence-corrected chi connectivity index (χ3v) is 2.67. The van der Waals surface area contributed by atoms with Gasteiger partial charge in [-0.05, 0) is 18.2 Å². The number of phenolic OH excluding ortho intramolecular Hbond substituents is 2. The van der Waals surface area contributed by atoms with Crippen LogP contribution >= 0.6 is 0 Å². The minimum atomic E-state index is -0.623. The smallest absolute Gasteiger partial charge is 0.273 e. The number of hydrogen-bond donors (Lipinski definition) is 2. The van der Waals surface area contributed by atoms with Crippen LogP contribution < -0.4 is 0 Å². The summed E-state index contributed by atoms with van der Waals surface area (Å²) in [5.74, 6) is -0.270. The van der Waals surface area contributed by atoms with Crippen LogP contribution in [0.5, 0.6) is 11.5 Å². The molecule has 0 aromatic heterocycles. The Morgan fingerprint density at radius 2 is 1.72 bits per heavy atom. The van der Waals surface area contributed by atoms with Crippen LogP contribution in [0.1, 0.15) is 5.56 Å². The molecule has 0 atom stereocenters. The van der Waals surface area contributed by atoms with Gasteiger partial charge >= 0.3 is 0 Å². The predicted molar refractivity (Wildman–Crippen MR) is 63.7 cm³/mol. The number of nitrogens with zero attached hydrogens (tertiary/aromatic N) is 1. The zero-order chi connectivity index (χ0) is 13.3. The summed E-state index contributed by atoms with van der Waals surface area (Å²) in [5, 5.41) is 30.6. The number of nitro benzene ring substituents is 1. The van der Waals surface area contributed by atoms with Gasteiger partial charge in [-0.1, -0.05) is 0 Å². The molecule has 18 heavy (non-hydrogen) atoms. The highest BCUT2D eigenvalue weighted by Gasteiger charge is 2.17. The fraction of sp³-hybridized carbons (Fsp3) is 0.0833. The number of fused-ring (bicyclic) bond motifs is 1. The van der Waals surface area contributed by atoms with E-state index < -0.39 is 4.92 Å². The van der Waals surface area contributed by atoms with Crippen molar-refractivity contribution in [2.75, 3.05) is 0 Å². The number of aromatic hydroxyl groups is 2. The molecule has 2 rings (SSSR count). The molecule has 0 bridgehead atoms. The molecule has 0 aliphatic heterocycles. The molecule has 2 N–H and O–H groups in total. The molecule has 0 saturated carbocycles. The summed E-state index contributed by atoms with van der Waals surface area (Å²) >= 11 is 0. The van der Waals surface area contributed by atoms with Crippen molar-refractivity contribution in [1.29, 1.82) is 0 Å². The topological polar surface area (TPSA) is 101 Å². The van der Waals surface area contributed by atoms with Crippen LogP contribution in [0.2, 0.25) is 0 Å². The molecule has 0 saturated heterocycles. The lowest BCUT2D eigenvalue weighted by Gasteiger charge is -2.06. The molecule has 0 aliphatic carbocycles. The lowest BCUT2D eigenvalue weighted by Crippen LogP contribution is -1.96. The second-order valence-corrected chi connectivity index (χ2v) is 3.76. The lowest BCUT2D eigenvalue weighted by atomic mass is 10.0. The van der Waals surface area contributed by atoms with Gasteiger partial charge in [0.2, 0.25) is 0 Å². The second kappa shape index (κ2) is 4.33. The van der Waals surface area contributed by atoms with Crippen LogP contribution in [0.25, 0.3) is 10.8 Å². The Hall–Kier alpha value is -2.63. The highest BCUT2D eigenvalue weighted by atomic mass is 16.6. The molecule has 0 unspecified atom stereocenters. The van der Waals surface area contributed by atoms with Gasteiger partial charge in [0.25, 0.3) is 5.69 Å². The maximum absolute atomic E-state index is 10.9. The molecule has 0 radical (unpaired) electrons. The zero-order valence-corrected chi connectivity index (χ0v) is 9.16. The number of carbonyl (C=O) groups is 1. The second-order valence-electron chi connectivity index (χ2n) is 3.76. The van der Waals surface area contributed by atoms with Gasteiger partial charge < -0.3 is 15.0 Å². The van der Waals surface area contributed by atoms with E-state index in [1.807, 2.05) is 0 Å². The lowest BCUT2D eigenvalue weighted by molar-refractivity contribution is -0.385. The van der Waals surface area contributed by atoms with Crippen molar-refractivity contribution in [3.05, 3.63) is 39.9 Å². The number of hydrogen-bond acceptors (Lipinski definition) is 5. The van der Waals surface area contributed by atoms with Crippen molar-refractivity contribution in [2.24, 2.45) is 0 Å². The molecule has 2 aromatic carbocycles. The van der Waals surface area contributed by atoms with Gasteiger partial charge in [-0.2, -0.15) is 0 Å². The Kier molecular flexibility index (Phi) is 2.85. The molecule has 0 fully saturated rings. The zero-order valence-electron chi connectivity index (χ0n) is 9.16. The van der Waals surface area contributed by atoms with Crippen molar-refractivity contribution in [2.45, 2.75) is 6.42 Å². The minimum Gasteiger partial charge on any atom is -0.507 e.